The van der Waals surface area contributed by atoms with Crippen molar-refractivity contribution >= 4 is 21.8 Å². The monoisotopic (exact) mass is 362 g/mol. The van der Waals surface area contributed by atoms with Crippen molar-refractivity contribution in [1.29, 1.82) is 5.26 Å². The van der Waals surface area contributed by atoms with Crippen LogP contribution in [0.15, 0.2) is 53.4 Å². The molecule has 0 aliphatic rings. The number of ether oxygens (including phenoxy) is 1. The number of thioether (sulfide) groups is 1. The smallest absolute Gasteiger partial charge is 0.240 e. The highest BCUT2D eigenvalue weighted by atomic mass is 32.2. The van der Waals surface area contributed by atoms with Crippen LogP contribution in [0, 0.1) is 11.3 Å². The van der Waals surface area contributed by atoms with Gasteiger partial charge in [0.1, 0.15) is 5.75 Å². The molecule has 0 amide bonds. The van der Waals surface area contributed by atoms with Crippen molar-refractivity contribution in [3.05, 3.63) is 59.7 Å². The SMILES string of the molecule is COc1ccc(S(=O)(=O)NCCSCc2ccccc2C#N)cc1. The third kappa shape index (κ3) is 4.99. The number of nitrogens with zero attached hydrogens (tertiary/aromatic N) is 1. The number of hydrogen-bond acceptors (Lipinski definition) is 5. The van der Waals surface area contributed by atoms with Gasteiger partial charge in [0.25, 0.3) is 0 Å². The predicted octanol–water partition coefficient (Wildman–Crippen LogP) is 2.78. The van der Waals surface area contributed by atoms with Crippen LogP contribution < -0.4 is 9.46 Å². The van der Waals surface area contributed by atoms with Crippen molar-refractivity contribution in [2.75, 3.05) is 19.4 Å². The van der Waals surface area contributed by atoms with E-state index < -0.39 is 10.0 Å². The number of nitriles is 1. The first-order chi connectivity index (χ1) is 11.6. The summed E-state index contributed by atoms with van der Waals surface area (Å²) in [7, 11) is -1.98. The Morgan fingerprint density at radius 3 is 2.54 bits per heavy atom. The zero-order valence-electron chi connectivity index (χ0n) is 13.2. The van der Waals surface area contributed by atoms with Crippen LogP contribution in [0.5, 0.6) is 5.75 Å². The van der Waals surface area contributed by atoms with Gasteiger partial charge in [0.2, 0.25) is 10.0 Å². The highest BCUT2D eigenvalue weighted by Crippen LogP contribution is 2.17. The Hall–Kier alpha value is -2.01. The number of methoxy groups -OCH3 is 1. The van der Waals surface area contributed by atoms with Crippen molar-refractivity contribution in [1.82, 2.24) is 4.72 Å². The second kappa shape index (κ2) is 8.73. The van der Waals surface area contributed by atoms with Crippen molar-refractivity contribution in [3.8, 4) is 11.8 Å². The zero-order chi connectivity index (χ0) is 17.4. The fraction of sp³-hybridized carbons (Fsp3) is 0.235. The Labute approximate surface area is 146 Å². The summed E-state index contributed by atoms with van der Waals surface area (Å²) in [4.78, 5) is 0.211. The fourth-order valence-corrected chi connectivity index (χ4v) is 4.05. The molecule has 126 valence electrons. The fourth-order valence-electron chi connectivity index (χ4n) is 2.02. The Kier molecular flexibility index (Phi) is 6.67. The molecule has 0 saturated carbocycles. The maximum absolute atomic E-state index is 12.2. The van der Waals surface area contributed by atoms with Gasteiger partial charge in [0.05, 0.1) is 23.6 Å². The second-order valence-corrected chi connectivity index (χ2v) is 7.77. The lowest BCUT2D eigenvalue weighted by atomic mass is 10.1. The van der Waals surface area contributed by atoms with Crippen LogP contribution >= 0.6 is 11.8 Å². The number of benzene rings is 2. The summed E-state index contributed by atoms with van der Waals surface area (Å²) in [5.41, 5.74) is 1.62. The number of sulfonamides is 1. The van der Waals surface area contributed by atoms with E-state index in [1.54, 1.807) is 30.0 Å². The first kappa shape index (κ1) is 18.3. The summed E-state index contributed by atoms with van der Waals surface area (Å²) in [5.74, 6) is 1.91. The Balaban J connectivity index is 1.82. The standard InChI is InChI=1S/C17H18N2O3S2/c1-22-16-6-8-17(9-7-16)24(20,21)19-10-11-23-13-15-5-3-2-4-14(15)12-18/h2-9,19H,10-11,13H2,1H3. The Morgan fingerprint density at radius 2 is 1.88 bits per heavy atom. The van der Waals surface area contributed by atoms with E-state index in [4.69, 9.17) is 10.00 Å². The molecule has 1 N–H and O–H groups in total. The van der Waals surface area contributed by atoms with Crippen LogP contribution in [-0.2, 0) is 15.8 Å². The molecule has 0 aliphatic carbocycles. The molecule has 0 heterocycles. The van der Waals surface area contributed by atoms with Crippen LogP contribution in [0.1, 0.15) is 11.1 Å². The molecular weight excluding hydrogens is 344 g/mol. The highest BCUT2D eigenvalue weighted by molar-refractivity contribution is 7.98. The van der Waals surface area contributed by atoms with E-state index in [2.05, 4.69) is 10.8 Å². The molecular formula is C17H18N2O3S2. The number of hydrogen-bond donors (Lipinski definition) is 1. The van der Waals surface area contributed by atoms with Crippen LogP contribution in [0.25, 0.3) is 0 Å². The van der Waals surface area contributed by atoms with Gasteiger partial charge >= 0.3 is 0 Å². The quantitative estimate of drug-likeness (QED) is 0.731. The minimum Gasteiger partial charge on any atom is -0.497 e. The maximum Gasteiger partial charge on any atom is 0.240 e. The second-order valence-electron chi connectivity index (χ2n) is 4.89. The van der Waals surface area contributed by atoms with Gasteiger partial charge in [-0.25, -0.2) is 13.1 Å². The van der Waals surface area contributed by atoms with Crippen molar-refractivity contribution in [2.24, 2.45) is 0 Å². The minimum absolute atomic E-state index is 0.211. The summed E-state index contributed by atoms with van der Waals surface area (Å²) in [6.45, 7) is 0.327. The van der Waals surface area contributed by atoms with Gasteiger partial charge in [-0.05, 0) is 35.9 Å². The van der Waals surface area contributed by atoms with Gasteiger partial charge in [-0.3, -0.25) is 0 Å². The Morgan fingerprint density at radius 1 is 1.17 bits per heavy atom. The van der Waals surface area contributed by atoms with Crippen LogP contribution in [0.2, 0.25) is 0 Å². The first-order valence-electron chi connectivity index (χ1n) is 7.26. The number of nitrogens with one attached hydrogen (secondary N) is 1. The molecule has 0 aromatic heterocycles. The van der Waals surface area contributed by atoms with Gasteiger partial charge < -0.3 is 4.74 Å². The molecule has 0 radical (unpaired) electrons. The van der Waals surface area contributed by atoms with Crippen molar-refractivity contribution in [3.63, 3.8) is 0 Å². The van der Waals surface area contributed by atoms with Gasteiger partial charge in [0, 0.05) is 18.1 Å². The lowest BCUT2D eigenvalue weighted by Gasteiger charge is -2.08. The third-order valence-corrected chi connectivity index (χ3v) is 5.79. The average Bonchev–Trinajstić information content (AvgIpc) is 2.61. The van der Waals surface area contributed by atoms with Gasteiger partial charge in [0.15, 0.2) is 0 Å². The summed E-state index contributed by atoms with van der Waals surface area (Å²) < 4.78 is 31.9. The van der Waals surface area contributed by atoms with E-state index >= 15 is 0 Å². The molecule has 0 saturated heterocycles. The van der Waals surface area contributed by atoms with Crippen LogP contribution in [-0.4, -0.2) is 27.8 Å². The largest absolute Gasteiger partial charge is 0.497 e. The molecule has 0 aliphatic heterocycles. The molecule has 5 nitrogen and oxygen atoms in total. The molecule has 0 atom stereocenters. The molecule has 2 aromatic rings. The zero-order valence-corrected chi connectivity index (χ0v) is 14.9. The normalized spacial score (nSPS) is 11.0. The van der Waals surface area contributed by atoms with E-state index in [9.17, 15) is 8.42 Å². The Bertz CT molecular complexity index is 812. The van der Waals surface area contributed by atoms with Crippen LogP contribution in [0.4, 0.5) is 0 Å². The summed E-state index contributed by atoms with van der Waals surface area (Å²) >= 11 is 1.58. The first-order valence-corrected chi connectivity index (χ1v) is 9.90. The summed E-state index contributed by atoms with van der Waals surface area (Å²) in [6, 6.07) is 15.8. The van der Waals surface area contributed by atoms with Crippen molar-refractivity contribution < 1.29 is 13.2 Å². The third-order valence-electron chi connectivity index (χ3n) is 3.30. The predicted molar refractivity (Wildman–Crippen MR) is 95.5 cm³/mol. The molecule has 24 heavy (non-hydrogen) atoms. The molecule has 0 bridgehead atoms. The molecule has 2 rings (SSSR count). The van der Waals surface area contributed by atoms with Crippen molar-refractivity contribution in [2.45, 2.75) is 10.6 Å². The van der Waals surface area contributed by atoms with Crippen LogP contribution in [0.3, 0.4) is 0 Å². The number of rotatable bonds is 8. The van der Waals surface area contributed by atoms with E-state index in [0.717, 1.165) is 5.56 Å². The lowest BCUT2D eigenvalue weighted by molar-refractivity contribution is 0.414. The summed E-state index contributed by atoms with van der Waals surface area (Å²) in [5, 5.41) is 9.03. The lowest BCUT2D eigenvalue weighted by Crippen LogP contribution is -2.26. The maximum atomic E-state index is 12.2. The molecule has 7 heteroatoms. The highest BCUT2D eigenvalue weighted by Gasteiger charge is 2.13. The van der Waals surface area contributed by atoms with E-state index in [0.29, 0.717) is 29.4 Å². The topological polar surface area (TPSA) is 79.2 Å². The molecule has 0 fully saturated rings. The molecule has 2 aromatic carbocycles. The molecule has 0 unspecified atom stereocenters. The summed E-state index contributed by atoms with van der Waals surface area (Å²) in [6.07, 6.45) is 0. The van der Waals surface area contributed by atoms with Gasteiger partial charge in [-0.15, -0.1) is 0 Å². The van der Waals surface area contributed by atoms with E-state index in [-0.39, 0.29) is 4.90 Å². The average molecular weight is 362 g/mol. The van der Waals surface area contributed by atoms with Gasteiger partial charge in [-0.1, -0.05) is 18.2 Å². The molecule has 0 spiro atoms. The van der Waals surface area contributed by atoms with E-state index in [1.807, 2.05) is 18.2 Å². The van der Waals surface area contributed by atoms with E-state index in [1.165, 1.54) is 19.2 Å². The van der Waals surface area contributed by atoms with Gasteiger partial charge in [-0.2, -0.15) is 17.0 Å². The minimum atomic E-state index is -3.51.